The smallest absolute Gasteiger partial charge is 0.157 e. The van der Waals surface area contributed by atoms with Crippen molar-refractivity contribution in [1.82, 2.24) is 0 Å². The first-order valence-corrected chi connectivity index (χ1v) is 4.34. The molecule has 5 nitrogen and oxygen atoms in total. The van der Waals surface area contributed by atoms with Gasteiger partial charge in [-0.15, -0.1) is 0 Å². The van der Waals surface area contributed by atoms with Gasteiger partial charge in [0.05, 0.1) is 11.5 Å². The summed E-state index contributed by atoms with van der Waals surface area (Å²) in [5.74, 6) is -1.93. The van der Waals surface area contributed by atoms with E-state index in [9.17, 15) is 15.0 Å². The van der Waals surface area contributed by atoms with Crippen LogP contribution in [0.1, 0.15) is 12.5 Å². The number of hydrogen-bond donors (Lipinski definition) is 3. The Morgan fingerprint density at radius 1 is 1.47 bits per heavy atom. The van der Waals surface area contributed by atoms with E-state index in [0.717, 1.165) is 0 Å². The van der Waals surface area contributed by atoms with E-state index in [1.807, 2.05) is 0 Å². The summed E-state index contributed by atoms with van der Waals surface area (Å²) in [4.78, 5) is 10.6. The lowest BCUT2D eigenvalue weighted by molar-refractivity contribution is -0.312. The maximum atomic E-state index is 10.6. The number of carboxylic acid groups (broad SMARTS) is 1. The van der Waals surface area contributed by atoms with Gasteiger partial charge in [0.1, 0.15) is 0 Å². The molecule has 0 aromatic heterocycles. The van der Waals surface area contributed by atoms with Crippen LogP contribution in [0.5, 0.6) is 11.5 Å². The Morgan fingerprint density at radius 3 is 2.53 bits per heavy atom. The van der Waals surface area contributed by atoms with E-state index in [2.05, 4.69) is 0 Å². The van der Waals surface area contributed by atoms with Gasteiger partial charge in [0.2, 0.25) is 0 Å². The zero-order valence-corrected chi connectivity index (χ0v) is 8.23. The van der Waals surface area contributed by atoms with Crippen molar-refractivity contribution in [3.8, 4) is 11.5 Å². The topological polar surface area (TPSA) is 107 Å². The average Bonchev–Trinajstić information content (AvgIpc) is 2.10. The van der Waals surface area contributed by atoms with Crippen LogP contribution in [-0.4, -0.2) is 21.7 Å². The Labute approximate surface area is 86.8 Å². The highest BCUT2D eigenvalue weighted by Gasteiger charge is 2.20. The summed E-state index contributed by atoms with van der Waals surface area (Å²) in [7, 11) is 0. The number of nitrogens with two attached hydrogens (primary N) is 1. The van der Waals surface area contributed by atoms with Crippen molar-refractivity contribution < 1.29 is 20.1 Å². The molecule has 0 fully saturated rings. The molecule has 0 aliphatic rings. The van der Waals surface area contributed by atoms with Gasteiger partial charge in [-0.2, -0.15) is 0 Å². The lowest BCUT2D eigenvalue weighted by atomic mass is 9.94. The predicted octanol–water partition coefficient (Wildman–Crippen LogP) is -0.892. The molecule has 1 aromatic rings. The molecule has 1 aromatic carbocycles. The Bertz CT molecular complexity index is 387. The summed E-state index contributed by atoms with van der Waals surface area (Å²) in [6.45, 7) is 1.33. The molecule has 0 heterocycles. The lowest BCUT2D eigenvalue weighted by Gasteiger charge is -2.25. The van der Waals surface area contributed by atoms with Gasteiger partial charge in [-0.05, 0) is 31.0 Å². The number of aromatic hydroxyl groups is 2. The van der Waals surface area contributed by atoms with Gasteiger partial charge in [0, 0.05) is 0 Å². The van der Waals surface area contributed by atoms with E-state index >= 15 is 0 Å². The number of phenolic OH excluding ortho intramolecular Hbond substituents is 2. The molecule has 4 N–H and O–H groups in total. The van der Waals surface area contributed by atoms with Gasteiger partial charge >= 0.3 is 0 Å². The Morgan fingerprint density at radius 2 is 2.07 bits per heavy atom. The Hall–Kier alpha value is -1.75. The highest BCUT2D eigenvalue weighted by atomic mass is 16.4. The van der Waals surface area contributed by atoms with Crippen molar-refractivity contribution in [3.63, 3.8) is 0 Å². The van der Waals surface area contributed by atoms with Crippen LogP contribution in [0.25, 0.3) is 0 Å². The first-order valence-electron chi connectivity index (χ1n) is 4.34. The standard InChI is InChI=1S/C10H13NO4/c1-10(11,9(14)15)5-6-2-3-7(12)8(13)4-6/h2-4,12-13H,5,11H2,1H3,(H,14,15)/p-1/t10-/m0/s1. The molecule has 0 unspecified atom stereocenters. The van der Waals surface area contributed by atoms with Gasteiger partial charge in [0.25, 0.3) is 0 Å². The largest absolute Gasteiger partial charge is 0.548 e. The molecule has 0 spiro atoms. The highest BCUT2D eigenvalue weighted by molar-refractivity contribution is 5.76. The maximum Gasteiger partial charge on any atom is 0.157 e. The zero-order valence-electron chi connectivity index (χ0n) is 8.23. The van der Waals surface area contributed by atoms with Crippen molar-refractivity contribution in [3.05, 3.63) is 23.8 Å². The second-order valence-electron chi connectivity index (χ2n) is 3.70. The number of hydrogen-bond acceptors (Lipinski definition) is 5. The van der Waals surface area contributed by atoms with Crippen molar-refractivity contribution in [1.29, 1.82) is 0 Å². The van der Waals surface area contributed by atoms with Crippen LogP contribution >= 0.6 is 0 Å². The second kappa shape index (κ2) is 3.78. The second-order valence-corrected chi connectivity index (χ2v) is 3.70. The van der Waals surface area contributed by atoms with Gasteiger partial charge in [-0.1, -0.05) is 6.07 Å². The molecule has 0 amide bonds. The van der Waals surface area contributed by atoms with E-state index in [1.54, 1.807) is 0 Å². The van der Waals surface area contributed by atoms with Crippen LogP contribution in [0, 0.1) is 0 Å². The van der Waals surface area contributed by atoms with Gasteiger partial charge in [0.15, 0.2) is 11.5 Å². The summed E-state index contributed by atoms with van der Waals surface area (Å²) in [6.07, 6.45) is 0.0170. The molecule has 82 valence electrons. The minimum atomic E-state index is -1.50. The number of phenols is 2. The van der Waals surface area contributed by atoms with E-state index in [-0.39, 0.29) is 17.9 Å². The third-order valence-electron chi connectivity index (χ3n) is 2.08. The quantitative estimate of drug-likeness (QED) is 0.561. The third-order valence-corrected chi connectivity index (χ3v) is 2.08. The molecular weight excluding hydrogens is 198 g/mol. The minimum absolute atomic E-state index is 0.0170. The summed E-state index contributed by atoms with van der Waals surface area (Å²) >= 11 is 0. The molecular formula is C10H12NO4-. The van der Waals surface area contributed by atoms with Crippen LogP contribution in [-0.2, 0) is 11.2 Å². The summed E-state index contributed by atoms with van der Waals surface area (Å²) in [5.41, 5.74) is 4.49. The van der Waals surface area contributed by atoms with Crippen LogP contribution in [0.15, 0.2) is 18.2 Å². The van der Waals surface area contributed by atoms with Crippen LogP contribution < -0.4 is 10.8 Å². The average molecular weight is 210 g/mol. The predicted molar refractivity (Wildman–Crippen MR) is 51.1 cm³/mol. The van der Waals surface area contributed by atoms with E-state index < -0.39 is 11.5 Å². The Balaban J connectivity index is 2.91. The monoisotopic (exact) mass is 210 g/mol. The van der Waals surface area contributed by atoms with Crippen LogP contribution in [0.2, 0.25) is 0 Å². The molecule has 0 saturated carbocycles. The van der Waals surface area contributed by atoms with Crippen molar-refractivity contribution in [2.24, 2.45) is 5.73 Å². The molecule has 5 heteroatoms. The minimum Gasteiger partial charge on any atom is -0.548 e. The number of benzene rings is 1. The van der Waals surface area contributed by atoms with Crippen molar-refractivity contribution >= 4 is 5.97 Å². The summed E-state index contributed by atoms with van der Waals surface area (Å²) in [5, 5.41) is 28.9. The SMILES string of the molecule is C[C@](N)(Cc1ccc(O)c(O)c1)C(=O)[O-]. The number of carbonyl (C=O) groups is 1. The van der Waals surface area contributed by atoms with Gasteiger partial charge < -0.3 is 25.8 Å². The number of aliphatic carboxylic acids is 1. The fourth-order valence-electron chi connectivity index (χ4n) is 1.18. The first-order chi connectivity index (χ1) is 6.83. The zero-order chi connectivity index (χ0) is 11.6. The molecule has 1 rings (SSSR count). The number of carboxylic acids is 1. The number of carbonyl (C=O) groups excluding carboxylic acids is 1. The van der Waals surface area contributed by atoms with Crippen molar-refractivity contribution in [2.75, 3.05) is 0 Å². The highest BCUT2D eigenvalue weighted by Crippen LogP contribution is 2.26. The van der Waals surface area contributed by atoms with E-state index in [0.29, 0.717) is 5.56 Å². The van der Waals surface area contributed by atoms with Crippen LogP contribution in [0.4, 0.5) is 0 Å². The molecule has 1 atom stereocenters. The van der Waals surface area contributed by atoms with Crippen LogP contribution in [0.3, 0.4) is 0 Å². The normalized spacial score (nSPS) is 14.5. The van der Waals surface area contributed by atoms with Gasteiger partial charge in [-0.3, -0.25) is 0 Å². The lowest BCUT2D eigenvalue weighted by Crippen LogP contribution is -2.54. The maximum absolute atomic E-state index is 10.6. The van der Waals surface area contributed by atoms with E-state index in [1.165, 1.54) is 25.1 Å². The molecule has 0 aliphatic carbocycles. The molecule has 0 bridgehead atoms. The fraction of sp³-hybridized carbons (Fsp3) is 0.300. The Kier molecular flexibility index (Phi) is 2.85. The van der Waals surface area contributed by atoms with Gasteiger partial charge in [-0.25, -0.2) is 0 Å². The summed E-state index contributed by atoms with van der Waals surface area (Å²) < 4.78 is 0. The molecule has 0 saturated heterocycles. The van der Waals surface area contributed by atoms with E-state index in [4.69, 9.17) is 10.8 Å². The molecule has 0 radical (unpaired) electrons. The third kappa shape index (κ3) is 2.60. The first kappa shape index (κ1) is 11.3. The fourth-order valence-corrected chi connectivity index (χ4v) is 1.18. The summed E-state index contributed by atoms with van der Waals surface area (Å²) in [6, 6.07) is 4.03. The number of rotatable bonds is 3. The van der Waals surface area contributed by atoms with Crippen molar-refractivity contribution in [2.45, 2.75) is 18.9 Å². The molecule has 0 aliphatic heterocycles. The molecule has 15 heavy (non-hydrogen) atoms.